The Morgan fingerprint density at radius 1 is 0.887 bits per heavy atom. The Bertz CT molecular complexity index is 2720. The van der Waals surface area contributed by atoms with Gasteiger partial charge in [-0.3, -0.25) is 28.9 Å². The van der Waals surface area contributed by atoms with E-state index < -0.39 is 28.8 Å². The van der Waals surface area contributed by atoms with Crippen LogP contribution in [0.3, 0.4) is 0 Å². The first-order chi connectivity index (χ1) is 25.7. The van der Waals surface area contributed by atoms with E-state index in [0.29, 0.717) is 43.2 Å². The summed E-state index contributed by atoms with van der Waals surface area (Å²) in [5.74, 6) is -1.51. The third kappa shape index (κ3) is 6.09. The number of benzene rings is 3. The van der Waals surface area contributed by atoms with Crippen molar-refractivity contribution in [2.45, 2.75) is 6.54 Å². The summed E-state index contributed by atoms with van der Waals surface area (Å²) in [7, 11) is 1.65. The van der Waals surface area contributed by atoms with Crippen molar-refractivity contribution in [2.75, 3.05) is 36.4 Å². The minimum atomic E-state index is -0.840. The highest BCUT2D eigenvalue weighted by atomic mass is 19.1. The Hall–Kier alpha value is -6.97. The van der Waals surface area contributed by atoms with E-state index in [4.69, 9.17) is 0 Å². The van der Waals surface area contributed by atoms with Gasteiger partial charge in [0.1, 0.15) is 11.6 Å². The Morgan fingerprint density at radius 2 is 1.64 bits per heavy atom. The summed E-state index contributed by atoms with van der Waals surface area (Å²) in [4.78, 5) is 70.2. The number of hydrogen-bond acceptors (Lipinski definition) is 9. The van der Waals surface area contributed by atoms with E-state index in [1.807, 2.05) is 24.3 Å². The molecule has 4 aromatic heterocycles. The maximum atomic E-state index is 15.0. The summed E-state index contributed by atoms with van der Waals surface area (Å²) in [5, 5.41) is 2.99. The van der Waals surface area contributed by atoms with E-state index in [1.54, 1.807) is 41.2 Å². The maximum Gasteiger partial charge on any atom is 0.329 e. The smallest absolute Gasteiger partial charge is 0.329 e. The predicted molar refractivity (Wildman–Crippen MR) is 194 cm³/mol. The van der Waals surface area contributed by atoms with Crippen molar-refractivity contribution >= 4 is 45.2 Å². The zero-order valence-corrected chi connectivity index (χ0v) is 28.2. The van der Waals surface area contributed by atoms with Gasteiger partial charge in [-0.05, 0) is 66.2 Å². The number of aromatic nitrogens is 7. The first-order valence-corrected chi connectivity index (χ1v) is 16.6. The molecular weight excluding hydrogens is 686 g/mol. The molecule has 1 saturated heterocycles. The van der Waals surface area contributed by atoms with Gasteiger partial charge in [-0.2, -0.15) is 0 Å². The largest absolute Gasteiger partial charge is 0.368 e. The van der Waals surface area contributed by atoms with Crippen LogP contribution in [0.15, 0.2) is 106 Å². The maximum absolute atomic E-state index is 15.0. The van der Waals surface area contributed by atoms with Gasteiger partial charge >= 0.3 is 5.69 Å². The van der Waals surface area contributed by atoms with Crippen LogP contribution in [0, 0.1) is 11.6 Å². The van der Waals surface area contributed by atoms with Crippen LogP contribution in [0.1, 0.15) is 15.9 Å². The number of nitrogens with zero attached hydrogens (tertiary/aromatic N) is 8. The van der Waals surface area contributed by atoms with Gasteiger partial charge in [0.25, 0.3) is 17.0 Å². The van der Waals surface area contributed by atoms with Crippen LogP contribution in [-0.4, -0.2) is 70.9 Å². The highest BCUT2D eigenvalue weighted by molar-refractivity contribution is 5.95. The fourth-order valence-corrected chi connectivity index (χ4v) is 6.62. The quantitative estimate of drug-likeness (QED) is 0.252. The van der Waals surface area contributed by atoms with Gasteiger partial charge in [0, 0.05) is 57.0 Å². The molecule has 0 atom stereocenters. The highest BCUT2D eigenvalue weighted by Gasteiger charge is 2.25. The topological polar surface area (TPSA) is 156 Å². The lowest BCUT2D eigenvalue weighted by Gasteiger charge is -2.36. The lowest BCUT2D eigenvalue weighted by Crippen LogP contribution is -2.49. The summed E-state index contributed by atoms with van der Waals surface area (Å²) in [6, 6.07) is 19.2. The number of carbonyl (C=O) groups is 1. The molecule has 0 spiro atoms. The van der Waals surface area contributed by atoms with E-state index in [9.17, 15) is 23.6 Å². The molecule has 2 N–H and O–H groups in total. The molecule has 3 aromatic carbocycles. The first kappa shape index (κ1) is 33.2. The molecule has 14 nitrogen and oxygen atoms in total. The van der Waals surface area contributed by atoms with Crippen molar-refractivity contribution in [2.24, 2.45) is 7.05 Å². The van der Waals surface area contributed by atoms with Gasteiger partial charge < -0.3 is 15.1 Å². The number of rotatable bonds is 7. The molecule has 7 aromatic rings. The summed E-state index contributed by atoms with van der Waals surface area (Å²) < 4.78 is 33.7. The van der Waals surface area contributed by atoms with Crippen molar-refractivity contribution in [3.63, 3.8) is 0 Å². The molecule has 0 unspecified atom stereocenters. The molecule has 16 heteroatoms. The average Bonchev–Trinajstić information content (AvgIpc) is 3.42. The molecule has 5 heterocycles. The Labute approximate surface area is 298 Å². The van der Waals surface area contributed by atoms with Gasteiger partial charge in [-0.25, -0.2) is 32.9 Å². The summed E-state index contributed by atoms with van der Waals surface area (Å²) in [6.45, 7) is 1.59. The number of H-pyrrole nitrogens is 1. The number of aromatic amines is 1. The summed E-state index contributed by atoms with van der Waals surface area (Å²) in [6.07, 6.45) is 4.78. The zero-order valence-electron chi connectivity index (χ0n) is 28.2. The fraction of sp³-hybridized carbons (Fsp3) is 0.162. The van der Waals surface area contributed by atoms with Crippen LogP contribution in [0.2, 0.25) is 0 Å². The van der Waals surface area contributed by atoms with E-state index in [1.165, 1.54) is 39.7 Å². The van der Waals surface area contributed by atoms with E-state index in [2.05, 4.69) is 30.2 Å². The van der Waals surface area contributed by atoms with Gasteiger partial charge in [-0.15, -0.1) is 0 Å². The van der Waals surface area contributed by atoms with Crippen LogP contribution >= 0.6 is 0 Å². The SMILES string of the molecule is Cn1c(=O)c2ncc(Nc3ccc(N4CCN(C(=O)c5cc(Cn6c(=O)[nH]c(=O)c7c(F)cccc76)ccc5F)CC4)cc3)nc2n1-c1ccncc1. The molecule has 1 fully saturated rings. The van der Waals surface area contributed by atoms with E-state index >= 15 is 4.39 Å². The van der Waals surface area contributed by atoms with Gasteiger partial charge in [-0.1, -0.05) is 12.1 Å². The monoisotopic (exact) mass is 716 g/mol. The van der Waals surface area contributed by atoms with Crippen LogP contribution in [0.5, 0.6) is 0 Å². The molecule has 266 valence electrons. The minimum absolute atomic E-state index is 0.0896. The molecule has 1 aliphatic rings. The minimum Gasteiger partial charge on any atom is -0.368 e. The van der Waals surface area contributed by atoms with Crippen LogP contribution < -0.4 is 27.0 Å². The molecule has 0 aliphatic carbocycles. The Balaban J connectivity index is 0.939. The summed E-state index contributed by atoms with van der Waals surface area (Å²) >= 11 is 0. The molecule has 8 rings (SSSR count). The first-order valence-electron chi connectivity index (χ1n) is 16.6. The molecule has 53 heavy (non-hydrogen) atoms. The molecular formula is C37H30F2N10O4. The number of hydrogen-bond donors (Lipinski definition) is 2. The van der Waals surface area contributed by atoms with E-state index in [-0.39, 0.29) is 34.1 Å². The van der Waals surface area contributed by atoms with Gasteiger partial charge in [0.15, 0.2) is 17.0 Å². The van der Waals surface area contributed by atoms with Gasteiger partial charge in [0.05, 0.1) is 34.9 Å². The van der Waals surface area contributed by atoms with Crippen molar-refractivity contribution in [1.82, 2.24) is 38.8 Å². The third-order valence-electron chi connectivity index (χ3n) is 9.31. The Morgan fingerprint density at radius 3 is 2.40 bits per heavy atom. The lowest BCUT2D eigenvalue weighted by atomic mass is 10.1. The number of nitrogens with one attached hydrogen (secondary N) is 2. The predicted octanol–water partition coefficient (Wildman–Crippen LogP) is 3.55. The van der Waals surface area contributed by atoms with Gasteiger partial charge in [0.2, 0.25) is 0 Å². The number of amides is 1. The lowest BCUT2D eigenvalue weighted by molar-refractivity contribution is 0.0742. The molecule has 1 aliphatic heterocycles. The second-order valence-corrected chi connectivity index (χ2v) is 12.5. The standard InChI is InChI=1S/C37H30F2N10O4/c1-45-36(52)32-33(49(45)25-11-13-40-14-12-25)43-30(20-41-32)42-23-6-8-24(9-7-23)46-15-17-47(18-16-46)35(51)26-19-22(5-10-27(26)38)21-48-29-4-2-3-28(39)31(29)34(50)44-37(48)53/h2-14,19-20H,15-18,21H2,1H3,(H,42,43)(H,44,50,53). The van der Waals surface area contributed by atoms with Crippen molar-refractivity contribution in [1.29, 1.82) is 0 Å². The van der Waals surface area contributed by atoms with Crippen molar-refractivity contribution in [3.05, 3.63) is 145 Å². The Kier molecular flexibility index (Phi) is 8.33. The number of pyridine rings is 1. The molecule has 0 radical (unpaired) electrons. The second-order valence-electron chi connectivity index (χ2n) is 12.5. The number of carbonyl (C=O) groups excluding carboxylic acids is 1. The number of anilines is 3. The highest BCUT2D eigenvalue weighted by Crippen LogP contribution is 2.24. The molecule has 1 amide bonds. The average molecular weight is 717 g/mol. The second kappa shape index (κ2) is 13.3. The van der Waals surface area contributed by atoms with Crippen LogP contribution in [0.25, 0.3) is 27.8 Å². The van der Waals surface area contributed by atoms with Crippen molar-refractivity contribution in [3.8, 4) is 5.69 Å². The fourth-order valence-electron chi connectivity index (χ4n) is 6.62. The normalized spacial score (nSPS) is 13.2. The van der Waals surface area contributed by atoms with Crippen LogP contribution in [0.4, 0.5) is 26.0 Å². The zero-order chi connectivity index (χ0) is 36.8. The summed E-state index contributed by atoms with van der Waals surface area (Å²) in [5.41, 5.74) is 1.57. The molecule has 0 bridgehead atoms. The number of fused-ring (bicyclic) bond motifs is 2. The number of piperazine rings is 1. The third-order valence-corrected chi connectivity index (χ3v) is 9.31. The van der Waals surface area contributed by atoms with Crippen LogP contribution in [-0.2, 0) is 13.6 Å². The van der Waals surface area contributed by atoms with E-state index in [0.717, 1.165) is 29.2 Å². The number of halogens is 2. The molecule has 0 saturated carbocycles. The van der Waals surface area contributed by atoms with Crippen molar-refractivity contribution < 1.29 is 13.6 Å².